The van der Waals surface area contributed by atoms with Crippen LogP contribution in [0.5, 0.6) is 0 Å². The third-order valence-corrected chi connectivity index (χ3v) is 6.33. The standard InChI is InChI=1S/C23H32N6O2/c1-4-28(3)21-20(11-31-16-30)9-25-22(27-21)26-17(2)19-7-5-18(6-8-19)10-29-14-23(15-29)12-24-13-23/h5-9,16-17,24H,4,10-15H2,1-3H3,(H,25,26,27). The number of aromatic nitrogens is 2. The van der Waals surface area contributed by atoms with E-state index in [2.05, 4.69) is 56.7 Å². The highest BCUT2D eigenvalue weighted by Crippen LogP contribution is 2.35. The molecule has 0 radical (unpaired) electrons. The van der Waals surface area contributed by atoms with E-state index in [0.717, 1.165) is 24.5 Å². The first kappa shape index (κ1) is 21.5. The molecule has 8 nitrogen and oxygen atoms in total. The van der Waals surface area contributed by atoms with Crippen molar-refractivity contribution in [1.82, 2.24) is 20.2 Å². The number of ether oxygens (including phenoxy) is 1. The smallest absolute Gasteiger partial charge is 0.293 e. The number of nitrogens with one attached hydrogen (secondary N) is 2. The molecule has 1 spiro atoms. The van der Waals surface area contributed by atoms with Gasteiger partial charge in [-0.1, -0.05) is 24.3 Å². The molecule has 2 saturated heterocycles. The number of anilines is 2. The third-order valence-electron chi connectivity index (χ3n) is 6.33. The van der Waals surface area contributed by atoms with E-state index >= 15 is 0 Å². The minimum absolute atomic E-state index is 0.0687. The molecule has 0 saturated carbocycles. The molecule has 2 fully saturated rings. The molecule has 4 rings (SSSR count). The van der Waals surface area contributed by atoms with Crippen molar-refractivity contribution in [3.05, 3.63) is 47.2 Å². The SMILES string of the molecule is CCN(C)c1nc(NC(C)c2ccc(CN3CC4(CNC4)C3)cc2)ncc1COC=O. The van der Waals surface area contributed by atoms with Crippen LogP contribution in [0.3, 0.4) is 0 Å². The highest BCUT2D eigenvalue weighted by atomic mass is 16.5. The van der Waals surface area contributed by atoms with Crippen LogP contribution in [0.1, 0.15) is 36.6 Å². The number of nitrogens with zero attached hydrogens (tertiary/aromatic N) is 4. The monoisotopic (exact) mass is 424 g/mol. The number of likely N-dealkylation sites (tertiary alicyclic amines) is 1. The number of hydrogen-bond donors (Lipinski definition) is 2. The van der Waals surface area contributed by atoms with Gasteiger partial charge in [-0.25, -0.2) is 4.98 Å². The van der Waals surface area contributed by atoms with Crippen LogP contribution < -0.4 is 15.5 Å². The molecule has 31 heavy (non-hydrogen) atoms. The summed E-state index contributed by atoms with van der Waals surface area (Å²) in [4.78, 5) is 24.2. The maximum Gasteiger partial charge on any atom is 0.293 e. The lowest BCUT2D eigenvalue weighted by molar-refractivity contribution is -0.129. The second kappa shape index (κ2) is 9.20. The second-order valence-electron chi connectivity index (χ2n) is 8.82. The Morgan fingerprint density at radius 2 is 2.06 bits per heavy atom. The van der Waals surface area contributed by atoms with E-state index < -0.39 is 0 Å². The minimum atomic E-state index is 0.0687. The normalized spacial score (nSPS) is 18.0. The number of hydrogen-bond acceptors (Lipinski definition) is 8. The van der Waals surface area contributed by atoms with Gasteiger partial charge >= 0.3 is 0 Å². The molecule has 2 N–H and O–H groups in total. The molecule has 2 aliphatic heterocycles. The van der Waals surface area contributed by atoms with Crippen molar-refractivity contribution in [3.8, 4) is 0 Å². The summed E-state index contributed by atoms with van der Waals surface area (Å²) in [6.45, 7) is 11.3. The van der Waals surface area contributed by atoms with Gasteiger partial charge in [-0.2, -0.15) is 4.98 Å². The van der Waals surface area contributed by atoms with Crippen LogP contribution in [0.4, 0.5) is 11.8 Å². The highest BCUT2D eigenvalue weighted by molar-refractivity contribution is 5.50. The maximum atomic E-state index is 10.6. The Bertz CT molecular complexity index is 891. The van der Waals surface area contributed by atoms with Gasteiger partial charge in [0.05, 0.1) is 11.6 Å². The Kier molecular flexibility index (Phi) is 6.38. The Morgan fingerprint density at radius 3 is 2.68 bits per heavy atom. The van der Waals surface area contributed by atoms with Gasteiger partial charge in [0.25, 0.3) is 6.47 Å². The fraction of sp³-hybridized carbons (Fsp3) is 0.522. The van der Waals surface area contributed by atoms with Crippen LogP contribution in [0.2, 0.25) is 0 Å². The summed E-state index contributed by atoms with van der Waals surface area (Å²) in [5, 5.41) is 6.78. The van der Waals surface area contributed by atoms with Gasteiger partial charge in [-0.15, -0.1) is 0 Å². The van der Waals surface area contributed by atoms with Gasteiger partial charge in [-0.05, 0) is 25.0 Å². The zero-order chi connectivity index (χ0) is 21.8. The van der Waals surface area contributed by atoms with Crippen LogP contribution in [0.25, 0.3) is 0 Å². The van der Waals surface area contributed by atoms with Gasteiger partial charge in [0.15, 0.2) is 0 Å². The average molecular weight is 425 g/mol. The summed E-state index contributed by atoms with van der Waals surface area (Å²) >= 11 is 0. The zero-order valence-electron chi connectivity index (χ0n) is 18.6. The quantitative estimate of drug-likeness (QED) is 0.562. The lowest BCUT2D eigenvalue weighted by Gasteiger charge is -2.56. The number of carbonyl (C=O) groups excluding carboxylic acids is 1. The molecule has 2 aliphatic rings. The first-order valence-electron chi connectivity index (χ1n) is 10.9. The average Bonchev–Trinajstić information content (AvgIpc) is 2.73. The molecule has 2 aromatic rings. The first-order valence-corrected chi connectivity index (χ1v) is 10.9. The molecule has 3 heterocycles. The largest absolute Gasteiger partial charge is 0.463 e. The molecule has 0 amide bonds. The third kappa shape index (κ3) is 4.80. The second-order valence-corrected chi connectivity index (χ2v) is 8.82. The number of rotatable bonds is 10. The van der Waals surface area contributed by atoms with Crippen molar-refractivity contribution in [3.63, 3.8) is 0 Å². The van der Waals surface area contributed by atoms with Crippen molar-refractivity contribution in [1.29, 1.82) is 0 Å². The fourth-order valence-corrected chi connectivity index (χ4v) is 4.34. The van der Waals surface area contributed by atoms with Crippen LogP contribution in [-0.2, 0) is 22.7 Å². The lowest BCUT2D eigenvalue weighted by Crippen LogP contribution is -2.70. The predicted molar refractivity (Wildman–Crippen MR) is 121 cm³/mol. The van der Waals surface area contributed by atoms with Crippen LogP contribution in [0.15, 0.2) is 30.5 Å². The van der Waals surface area contributed by atoms with E-state index in [0.29, 0.717) is 17.8 Å². The van der Waals surface area contributed by atoms with E-state index in [-0.39, 0.29) is 12.6 Å². The Labute approximate surface area is 184 Å². The molecular weight excluding hydrogens is 392 g/mol. The van der Waals surface area contributed by atoms with Crippen molar-refractivity contribution in [2.45, 2.75) is 33.0 Å². The van der Waals surface area contributed by atoms with Crippen LogP contribution in [-0.4, -0.2) is 61.1 Å². The molecule has 0 aliphatic carbocycles. The van der Waals surface area contributed by atoms with E-state index in [4.69, 9.17) is 4.74 Å². The molecule has 166 valence electrons. The summed E-state index contributed by atoms with van der Waals surface area (Å²) in [7, 11) is 1.96. The van der Waals surface area contributed by atoms with E-state index in [9.17, 15) is 4.79 Å². The van der Waals surface area contributed by atoms with Gasteiger partial charge in [0, 0.05) is 57.9 Å². The van der Waals surface area contributed by atoms with Gasteiger partial charge in [0.1, 0.15) is 12.4 Å². The van der Waals surface area contributed by atoms with Crippen LogP contribution in [0, 0.1) is 5.41 Å². The molecular formula is C23H32N6O2. The van der Waals surface area contributed by atoms with E-state index in [1.807, 2.05) is 18.9 Å². The maximum absolute atomic E-state index is 10.6. The first-order chi connectivity index (χ1) is 15.0. The Morgan fingerprint density at radius 1 is 1.32 bits per heavy atom. The zero-order valence-corrected chi connectivity index (χ0v) is 18.6. The molecule has 1 atom stereocenters. The predicted octanol–water partition coefficient (Wildman–Crippen LogP) is 2.18. The molecule has 1 aromatic carbocycles. The molecule has 8 heteroatoms. The fourth-order valence-electron chi connectivity index (χ4n) is 4.34. The van der Waals surface area contributed by atoms with E-state index in [1.165, 1.54) is 37.3 Å². The molecule has 1 unspecified atom stereocenters. The minimum Gasteiger partial charge on any atom is -0.463 e. The Balaban J connectivity index is 1.37. The summed E-state index contributed by atoms with van der Waals surface area (Å²) in [6.07, 6.45) is 1.72. The number of carbonyl (C=O) groups is 1. The van der Waals surface area contributed by atoms with Crippen molar-refractivity contribution in [2.75, 3.05) is 50.0 Å². The Hall–Kier alpha value is -2.71. The van der Waals surface area contributed by atoms with Crippen molar-refractivity contribution >= 4 is 18.2 Å². The molecule has 0 bridgehead atoms. The van der Waals surface area contributed by atoms with Gasteiger partial charge in [-0.3, -0.25) is 9.69 Å². The topological polar surface area (TPSA) is 82.6 Å². The summed E-state index contributed by atoms with van der Waals surface area (Å²) in [5.41, 5.74) is 3.89. The summed E-state index contributed by atoms with van der Waals surface area (Å²) in [5.74, 6) is 1.32. The number of benzene rings is 1. The van der Waals surface area contributed by atoms with Crippen molar-refractivity contribution < 1.29 is 9.53 Å². The highest BCUT2D eigenvalue weighted by Gasteiger charge is 2.47. The van der Waals surface area contributed by atoms with Gasteiger partial charge < -0.3 is 20.3 Å². The van der Waals surface area contributed by atoms with E-state index in [1.54, 1.807) is 6.20 Å². The van der Waals surface area contributed by atoms with Crippen molar-refractivity contribution in [2.24, 2.45) is 5.41 Å². The summed E-state index contributed by atoms with van der Waals surface area (Å²) in [6, 6.07) is 8.86. The molecule has 1 aromatic heterocycles. The van der Waals surface area contributed by atoms with Crippen LogP contribution >= 0.6 is 0 Å². The van der Waals surface area contributed by atoms with Gasteiger partial charge in [0.2, 0.25) is 5.95 Å². The summed E-state index contributed by atoms with van der Waals surface area (Å²) < 4.78 is 4.90. The lowest BCUT2D eigenvalue weighted by atomic mass is 9.74.